The summed E-state index contributed by atoms with van der Waals surface area (Å²) < 4.78 is 15.1. The summed E-state index contributed by atoms with van der Waals surface area (Å²) in [5.74, 6) is -0.817. The Kier molecular flexibility index (Phi) is 4.13. The van der Waals surface area contributed by atoms with E-state index in [0.717, 1.165) is 23.0 Å². The highest BCUT2D eigenvalue weighted by atomic mass is 35.5. The molecule has 2 aromatic rings. The summed E-state index contributed by atoms with van der Waals surface area (Å²) in [6.45, 7) is 4.10. The third kappa shape index (κ3) is 2.97. The summed E-state index contributed by atoms with van der Waals surface area (Å²) in [7, 11) is 1.82. The van der Waals surface area contributed by atoms with Crippen molar-refractivity contribution in [3.05, 3.63) is 50.0 Å². The Morgan fingerprint density at radius 2 is 2.14 bits per heavy atom. The maximum atomic E-state index is 13.3. The summed E-state index contributed by atoms with van der Waals surface area (Å²) >= 11 is 5.68. The van der Waals surface area contributed by atoms with Gasteiger partial charge in [0, 0.05) is 24.8 Å². The SMILES string of the molecule is Cc1nn(C)c(C)c1CNc1cc(Cl)c(F)cc1[N+](=O)[O-]. The van der Waals surface area contributed by atoms with Gasteiger partial charge >= 0.3 is 0 Å². The molecule has 0 atom stereocenters. The van der Waals surface area contributed by atoms with Crippen LogP contribution in [0.5, 0.6) is 0 Å². The van der Waals surface area contributed by atoms with Crippen molar-refractivity contribution in [2.75, 3.05) is 5.32 Å². The largest absolute Gasteiger partial charge is 0.375 e. The average Bonchev–Trinajstić information content (AvgIpc) is 2.64. The minimum atomic E-state index is -0.817. The lowest BCUT2D eigenvalue weighted by Crippen LogP contribution is -2.05. The van der Waals surface area contributed by atoms with E-state index >= 15 is 0 Å². The Morgan fingerprint density at radius 1 is 1.48 bits per heavy atom. The number of aromatic nitrogens is 2. The van der Waals surface area contributed by atoms with Crippen molar-refractivity contribution in [2.24, 2.45) is 7.05 Å². The van der Waals surface area contributed by atoms with E-state index in [2.05, 4.69) is 10.4 Å². The molecular weight excluding hydrogens is 299 g/mol. The number of halogens is 2. The van der Waals surface area contributed by atoms with Gasteiger partial charge in [-0.3, -0.25) is 14.8 Å². The second-order valence-corrected chi connectivity index (χ2v) is 5.07. The third-order valence-corrected chi connectivity index (χ3v) is 3.64. The van der Waals surface area contributed by atoms with Crippen LogP contribution >= 0.6 is 11.6 Å². The number of nitrogens with zero attached hydrogens (tertiary/aromatic N) is 3. The zero-order valence-electron chi connectivity index (χ0n) is 11.8. The molecular formula is C13H14ClFN4O2. The molecule has 6 nitrogen and oxygen atoms in total. The molecule has 0 aliphatic rings. The summed E-state index contributed by atoms with van der Waals surface area (Å²) in [5.41, 5.74) is 2.55. The number of nitro groups is 1. The Balaban J connectivity index is 2.31. The van der Waals surface area contributed by atoms with Crippen molar-refractivity contribution in [3.8, 4) is 0 Å². The minimum Gasteiger partial charge on any atom is -0.375 e. The molecule has 0 aliphatic heterocycles. The van der Waals surface area contributed by atoms with Gasteiger partial charge in [-0.1, -0.05) is 11.6 Å². The summed E-state index contributed by atoms with van der Waals surface area (Å²) in [6.07, 6.45) is 0. The number of rotatable bonds is 4. The molecule has 0 fully saturated rings. The second-order valence-electron chi connectivity index (χ2n) is 4.67. The molecule has 1 heterocycles. The van der Waals surface area contributed by atoms with Crippen LogP contribution in [0.1, 0.15) is 17.0 Å². The van der Waals surface area contributed by atoms with Gasteiger partial charge in [0.25, 0.3) is 5.69 Å². The normalized spacial score (nSPS) is 10.7. The number of nitrogens with one attached hydrogen (secondary N) is 1. The lowest BCUT2D eigenvalue weighted by molar-refractivity contribution is -0.384. The maximum Gasteiger partial charge on any atom is 0.295 e. The Hall–Kier alpha value is -2.15. The van der Waals surface area contributed by atoms with Crippen molar-refractivity contribution < 1.29 is 9.31 Å². The summed E-state index contributed by atoms with van der Waals surface area (Å²) in [6, 6.07) is 2.03. The highest BCUT2D eigenvalue weighted by molar-refractivity contribution is 6.31. The predicted molar refractivity (Wildman–Crippen MR) is 78.1 cm³/mol. The van der Waals surface area contributed by atoms with E-state index in [4.69, 9.17) is 11.6 Å². The number of hydrogen-bond acceptors (Lipinski definition) is 4. The molecule has 0 amide bonds. The van der Waals surface area contributed by atoms with E-state index in [1.165, 1.54) is 6.07 Å². The molecule has 0 radical (unpaired) electrons. The van der Waals surface area contributed by atoms with Crippen LogP contribution in [0.25, 0.3) is 0 Å². The molecule has 1 aromatic heterocycles. The van der Waals surface area contributed by atoms with Crippen LogP contribution in [-0.2, 0) is 13.6 Å². The van der Waals surface area contributed by atoms with Gasteiger partial charge in [-0.15, -0.1) is 0 Å². The van der Waals surface area contributed by atoms with E-state index in [1.807, 2.05) is 20.9 Å². The van der Waals surface area contributed by atoms with Crippen molar-refractivity contribution in [3.63, 3.8) is 0 Å². The quantitative estimate of drug-likeness (QED) is 0.694. The molecule has 0 aliphatic carbocycles. The van der Waals surface area contributed by atoms with E-state index in [-0.39, 0.29) is 16.4 Å². The third-order valence-electron chi connectivity index (χ3n) is 3.35. The Morgan fingerprint density at radius 3 is 2.67 bits per heavy atom. The van der Waals surface area contributed by atoms with Gasteiger partial charge in [-0.05, 0) is 19.9 Å². The topological polar surface area (TPSA) is 73.0 Å². The molecule has 1 N–H and O–H groups in total. The fourth-order valence-electron chi connectivity index (χ4n) is 2.09. The Bertz CT molecular complexity index is 715. The van der Waals surface area contributed by atoms with Crippen molar-refractivity contribution in [1.29, 1.82) is 0 Å². The molecule has 21 heavy (non-hydrogen) atoms. The van der Waals surface area contributed by atoms with Gasteiger partial charge in [0.2, 0.25) is 0 Å². The summed E-state index contributed by atoms with van der Waals surface area (Å²) in [4.78, 5) is 10.3. The zero-order valence-corrected chi connectivity index (χ0v) is 12.5. The minimum absolute atomic E-state index is 0.164. The summed E-state index contributed by atoms with van der Waals surface area (Å²) in [5, 5.41) is 18.0. The van der Waals surface area contributed by atoms with Crippen molar-refractivity contribution in [2.45, 2.75) is 20.4 Å². The van der Waals surface area contributed by atoms with E-state index < -0.39 is 10.7 Å². The fourth-order valence-corrected chi connectivity index (χ4v) is 2.25. The lowest BCUT2D eigenvalue weighted by atomic mass is 10.2. The first-order chi connectivity index (χ1) is 9.81. The molecule has 8 heteroatoms. The van der Waals surface area contributed by atoms with E-state index in [9.17, 15) is 14.5 Å². The van der Waals surface area contributed by atoms with Crippen LogP contribution in [0, 0.1) is 29.8 Å². The van der Waals surface area contributed by atoms with Gasteiger partial charge in [-0.2, -0.15) is 5.10 Å². The monoisotopic (exact) mass is 312 g/mol. The molecule has 0 spiro atoms. The molecule has 0 unspecified atom stereocenters. The van der Waals surface area contributed by atoms with Crippen LogP contribution in [0.4, 0.5) is 15.8 Å². The molecule has 112 valence electrons. The smallest absolute Gasteiger partial charge is 0.295 e. The Labute approximate surface area is 125 Å². The predicted octanol–water partition coefficient (Wildman–Crippen LogP) is 3.35. The van der Waals surface area contributed by atoms with Crippen molar-refractivity contribution in [1.82, 2.24) is 9.78 Å². The van der Waals surface area contributed by atoms with Crippen molar-refractivity contribution >= 4 is 23.0 Å². The standard InChI is InChI=1S/C13H14ClFN4O2/c1-7-9(8(2)18(3)17-7)6-16-12-4-10(14)11(15)5-13(12)19(20)21/h4-5,16H,6H2,1-3H3. The van der Waals surface area contributed by atoms with Crippen LogP contribution in [0.15, 0.2) is 12.1 Å². The average molecular weight is 313 g/mol. The highest BCUT2D eigenvalue weighted by Gasteiger charge is 2.18. The molecule has 0 saturated heterocycles. The van der Waals surface area contributed by atoms with Gasteiger partial charge in [-0.25, -0.2) is 4.39 Å². The first-order valence-corrected chi connectivity index (χ1v) is 6.55. The van der Waals surface area contributed by atoms with Gasteiger partial charge in [0.05, 0.1) is 21.7 Å². The number of nitro benzene ring substituents is 1. The maximum absolute atomic E-state index is 13.3. The van der Waals surface area contributed by atoms with E-state index in [1.54, 1.807) is 4.68 Å². The first kappa shape index (κ1) is 15.2. The van der Waals surface area contributed by atoms with Crippen LogP contribution < -0.4 is 5.32 Å². The molecule has 0 saturated carbocycles. The van der Waals surface area contributed by atoms with Crippen LogP contribution in [0.2, 0.25) is 5.02 Å². The lowest BCUT2D eigenvalue weighted by Gasteiger charge is -2.08. The fraction of sp³-hybridized carbons (Fsp3) is 0.308. The van der Waals surface area contributed by atoms with Gasteiger partial charge < -0.3 is 5.32 Å². The zero-order chi connectivity index (χ0) is 15.7. The number of benzene rings is 1. The number of anilines is 1. The second kappa shape index (κ2) is 5.69. The molecule has 0 bridgehead atoms. The molecule has 1 aromatic carbocycles. The first-order valence-electron chi connectivity index (χ1n) is 6.17. The van der Waals surface area contributed by atoms with Crippen LogP contribution in [-0.4, -0.2) is 14.7 Å². The highest BCUT2D eigenvalue weighted by Crippen LogP contribution is 2.31. The van der Waals surface area contributed by atoms with Crippen LogP contribution in [0.3, 0.4) is 0 Å². The van der Waals surface area contributed by atoms with Gasteiger partial charge in [0.1, 0.15) is 11.5 Å². The number of hydrogen-bond donors (Lipinski definition) is 1. The molecule has 2 rings (SSSR count). The van der Waals surface area contributed by atoms with Gasteiger partial charge in [0.15, 0.2) is 0 Å². The number of aryl methyl sites for hydroxylation is 2. The van der Waals surface area contributed by atoms with E-state index in [0.29, 0.717) is 6.54 Å².